The van der Waals surface area contributed by atoms with Gasteiger partial charge in [0.2, 0.25) is 5.91 Å². The number of aryl methyl sites for hydroxylation is 1. The molecular weight excluding hydrogens is 420 g/mol. The van der Waals surface area contributed by atoms with Crippen LogP contribution in [-0.2, 0) is 14.8 Å². The molecule has 3 aromatic rings. The first kappa shape index (κ1) is 21.9. The Labute approximate surface area is 181 Å². The van der Waals surface area contributed by atoms with Gasteiger partial charge >= 0.3 is 0 Å². The number of ether oxygens (including phenoxy) is 1. The lowest BCUT2D eigenvalue weighted by Crippen LogP contribution is -2.41. The van der Waals surface area contributed by atoms with Crippen molar-refractivity contribution >= 4 is 33.0 Å². The van der Waals surface area contributed by atoms with Gasteiger partial charge in [-0.2, -0.15) is 0 Å². The van der Waals surface area contributed by atoms with Crippen LogP contribution in [0.1, 0.15) is 24.1 Å². The molecule has 3 rings (SSSR count). The van der Waals surface area contributed by atoms with E-state index in [0.29, 0.717) is 11.4 Å². The van der Waals surface area contributed by atoms with Crippen LogP contribution in [0.25, 0.3) is 0 Å². The molecule has 30 heavy (non-hydrogen) atoms. The van der Waals surface area contributed by atoms with Gasteiger partial charge in [0.25, 0.3) is 10.0 Å². The van der Waals surface area contributed by atoms with Crippen molar-refractivity contribution in [2.24, 2.45) is 0 Å². The summed E-state index contributed by atoms with van der Waals surface area (Å²) in [7, 11) is -2.47. The number of carbonyl (C=O) groups is 1. The van der Waals surface area contributed by atoms with Gasteiger partial charge in [0, 0.05) is 0 Å². The van der Waals surface area contributed by atoms with Crippen LogP contribution in [0.5, 0.6) is 5.75 Å². The molecule has 0 saturated carbocycles. The molecule has 2 aromatic carbocycles. The maximum Gasteiger partial charge on any atom is 0.274 e. The second kappa shape index (κ2) is 9.32. The first-order valence-corrected chi connectivity index (χ1v) is 11.7. The first-order valence-electron chi connectivity index (χ1n) is 9.38. The fraction of sp³-hybridized carbons (Fsp3) is 0.227. The van der Waals surface area contributed by atoms with Gasteiger partial charge in [-0.3, -0.25) is 9.10 Å². The monoisotopic (exact) mass is 444 g/mol. The summed E-state index contributed by atoms with van der Waals surface area (Å²) in [5, 5.41) is 4.60. The van der Waals surface area contributed by atoms with Crippen LogP contribution >= 0.6 is 11.3 Å². The molecule has 1 atom stereocenters. The minimum atomic E-state index is -3.94. The van der Waals surface area contributed by atoms with Gasteiger partial charge in [-0.25, -0.2) is 8.42 Å². The zero-order valence-corrected chi connectivity index (χ0v) is 18.7. The Morgan fingerprint density at radius 3 is 2.47 bits per heavy atom. The topological polar surface area (TPSA) is 75.7 Å². The molecule has 0 fully saturated rings. The summed E-state index contributed by atoms with van der Waals surface area (Å²) in [6.07, 6.45) is 0. The van der Waals surface area contributed by atoms with Crippen molar-refractivity contribution in [2.75, 3.05) is 18.0 Å². The Morgan fingerprint density at radius 1 is 1.10 bits per heavy atom. The Kier molecular flexibility index (Phi) is 6.79. The Morgan fingerprint density at radius 2 is 1.80 bits per heavy atom. The number of hydrogen-bond donors (Lipinski definition) is 1. The Balaban J connectivity index is 1.91. The maximum absolute atomic E-state index is 13.3. The van der Waals surface area contributed by atoms with Gasteiger partial charge in [-0.15, -0.1) is 11.3 Å². The Bertz CT molecular complexity index is 1110. The number of amides is 1. The molecule has 1 amide bonds. The lowest BCUT2D eigenvalue weighted by atomic mass is 10.0. The average Bonchev–Trinajstić information content (AvgIpc) is 3.28. The molecule has 1 unspecified atom stereocenters. The van der Waals surface area contributed by atoms with Crippen molar-refractivity contribution in [1.82, 2.24) is 5.32 Å². The van der Waals surface area contributed by atoms with Crippen molar-refractivity contribution in [3.63, 3.8) is 0 Å². The minimum absolute atomic E-state index is 0.160. The highest BCUT2D eigenvalue weighted by atomic mass is 32.2. The van der Waals surface area contributed by atoms with Crippen molar-refractivity contribution in [3.8, 4) is 5.75 Å². The van der Waals surface area contributed by atoms with E-state index in [1.165, 1.54) is 13.2 Å². The van der Waals surface area contributed by atoms with Crippen LogP contribution in [0, 0.1) is 6.92 Å². The fourth-order valence-electron chi connectivity index (χ4n) is 3.22. The van der Waals surface area contributed by atoms with Crippen molar-refractivity contribution in [1.29, 1.82) is 0 Å². The summed E-state index contributed by atoms with van der Waals surface area (Å²) in [5.41, 5.74) is 2.35. The van der Waals surface area contributed by atoms with Crippen molar-refractivity contribution in [2.45, 2.75) is 24.1 Å². The van der Waals surface area contributed by atoms with Crippen molar-refractivity contribution in [3.05, 3.63) is 77.2 Å². The molecule has 158 valence electrons. The van der Waals surface area contributed by atoms with Crippen LogP contribution in [0.2, 0.25) is 0 Å². The predicted molar refractivity (Wildman–Crippen MR) is 120 cm³/mol. The molecule has 0 radical (unpaired) electrons. The molecule has 0 bridgehead atoms. The lowest BCUT2D eigenvalue weighted by molar-refractivity contribution is -0.120. The van der Waals surface area contributed by atoms with Crippen LogP contribution in [0.3, 0.4) is 0 Å². The van der Waals surface area contributed by atoms with Crippen molar-refractivity contribution < 1.29 is 17.9 Å². The van der Waals surface area contributed by atoms with Gasteiger partial charge < -0.3 is 10.1 Å². The summed E-state index contributed by atoms with van der Waals surface area (Å²) in [5.74, 6) is -0.0332. The number of hydrogen-bond acceptors (Lipinski definition) is 5. The zero-order chi connectivity index (χ0) is 21.7. The first-order chi connectivity index (χ1) is 14.3. The van der Waals surface area contributed by atoms with E-state index < -0.39 is 15.9 Å². The van der Waals surface area contributed by atoms with E-state index in [4.69, 9.17) is 4.74 Å². The zero-order valence-electron chi connectivity index (χ0n) is 17.0. The van der Waals surface area contributed by atoms with Gasteiger partial charge in [0.1, 0.15) is 16.5 Å². The van der Waals surface area contributed by atoms with Gasteiger partial charge in [0.15, 0.2) is 0 Å². The van der Waals surface area contributed by atoms with Crippen LogP contribution in [0.4, 0.5) is 5.69 Å². The second-order valence-electron chi connectivity index (χ2n) is 6.76. The molecule has 8 heteroatoms. The summed E-state index contributed by atoms with van der Waals surface area (Å²) >= 11 is 1.10. The van der Waals surface area contributed by atoms with E-state index in [9.17, 15) is 13.2 Å². The van der Waals surface area contributed by atoms with Crippen LogP contribution < -0.4 is 14.4 Å². The highest BCUT2D eigenvalue weighted by Crippen LogP contribution is 2.33. The number of rotatable bonds is 8. The number of thiophene rings is 1. The minimum Gasteiger partial charge on any atom is -0.495 e. The van der Waals surface area contributed by atoms with E-state index in [2.05, 4.69) is 5.32 Å². The molecule has 0 saturated heterocycles. The molecule has 1 aromatic heterocycles. The van der Waals surface area contributed by atoms with Gasteiger partial charge in [0.05, 0.1) is 18.8 Å². The molecule has 6 nitrogen and oxygen atoms in total. The summed E-state index contributed by atoms with van der Waals surface area (Å²) in [6, 6.07) is 17.4. The molecule has 0 spiro atoms. The van der Waals surface area contributed by atoms with Crippen LogP contribution in [0.15, 0.2) is 70.3 Å². The van der Waals surface area contributed by atoms with Gasteiger partial charge in [-0.05, 0) is 48.6 Å². The SMILES string of the molecule is COc1ccccc1N(CC(=O)NC(C)c1ccccc1C)S(=O)(=O)c1cccs1. The number of nitrogens with one attached hydrogen (secondary N) is 1. The molecule has 0 aliphatic heterocycles. The molecular formula is C22H24N2O4S2. The summed E-state index contributed by atoms with van der Waals surface area (Å²) in [6.45, 7) is 3.48. The lowest BCUT2D eigenvalue weighted by Gasteiger charge is -2.26. The third-order valence-corrected chi connectivity index (χ3v) is 7.85. The quantitative estimate of drug-likeness (QED) is 0.567. The maximum atomic E-state index is 13.3. The third kappa shape index (κ3) is 4.66. The summed E-state index contributed by atoms with van der Waals surface area (Å²) in [4.78, 5) is 12.9. The van der Waals surface area contributed by atoms with E-state index in [-0.39, 0.29) is 16.8 Å². The van der Waals surface area contributed by atoms with Gasteiger partial charge in [-0.1, -0.05) is 42.5 Å². The molecule has 1 heterocycles. The average molecular weight is 445 g/mol. The Hall–Kier alpha value is -2.84. The normalized spacial score (nSPS) is 12.2. The molecule has 0 aliphatic carbocycles. The van der Waals surface area contributed by atoms with Crippen LogP contribution in [-0.4, -0.2) is 28.0 Å². The largest absolute Gasteiger partial charge is 0.495 e. The number of para-hydroxylation sites is 2. The standard InChI is InChI=1S/C22H24N2O4S2/c1-16-9-4-5-10-18(16)17(2)23-21(25)15-24(19-11-6-7-12-20(19)28-3)30(26,27)22-13-8-14-29-22/h4-14,17H,15H2,1-3H3,(H,23,25). The predicted octanol–water partition coefficient (Wildman–Crippen LogP) is 4.14. The van der Waals surface area contributed by atoms with E-state index in [0.717, 1.165) is 26.8 Å². The molecule has 0 aliphatic rings. The van der Waals surface area contributed by atoms with E-state index in [1.807, 2.05) is 38.1 Å². The third-order valence-electron chi connectivity index (χ3n) is 4.71. The number of methoxy groups -OCH3 is 1. The number of carbonyl (C=O) groups excluding carboxylic acids is 1. The number of sulfonamides is 1. The second-order valence-corrected chi connectivity index (χ2v) is 9.80. The number of anilines is 1. The highest BCUT2D eigenvalue weighted by Gasteiger charge is 2.30. The van der Waals surface area contributed by atoms with E-state index in [1.54, 1.807) is 35.7 Å². The highest BCUT2D eigenvalue weighted by molar-refractivity contribution is 7.94. The number of nitrogens with zero attached hydrogens (tertiary/aromatic N) is 1. The fourth-order valence-corrected chi connectivity index (χ4v) is 5.76. The smallest absolute Gasteiger partial charge is 0.274 e. The number of benzene rings is 2. The summed E-state index contributed by atoms with van der Waals surface area (Å²) < 4.78 is 33.2. The van der Waals surface area contributed by atoms with E-state index >= 15 is 0 Å². The molecule has 1 N–H and O–H groups in total.